The summed E-state index contributed by atoms with van der Waals surface area (Å²) in [5.74, 6) is -0.796. The summed E-state index contributed by atoms with van der Waals surface area (Å²) in [6, 6.07) is 4.75. The molecule has 0 amide bonds. The van der Waals surface area contributed by atoms with Crippen LogP contribution < -0.4 is 17.1 Å². The molecule has 0 aliphatic rings. The minimum Gasteiger partial charge on any atom is -0.397 e. The smallest absolute Gasteiger partial charge is 0.397 e. The molecule has 5 nitrogen and oxygen atoms in total. The van der Waals surface area contributed by atoms with Crippen molar-refractivity contribution in [3.63, 3.8) is 0 Å². The summed E-state index contributed by atoms with van der Waals surface area (Å²) < 4.78 is 4.32. The first-order valence-electron chi connectivity index (χ1n) is 3.60. The molecule has 66 valence electrons. The molecule has 1 heterocycles. The number of H-pyrrole nitrogens is 1. The fourth-order valence-corrected chi connectivity index (χ4v) is 1.15. The van der Waals surface area contributed by atoms with E-state index < -0.39 is 11.4 Å². The van der Waals surface area contributed by atoms with Crippen molar-refractivity contribution in [3.8, 4) is 0 Å². The van der Waals surface area contributed by atoms with E-state index in [1.54, 1.807) is 12.1 Å². The molecule has 5 heteroatoms. The van der Waals surface area contributed by atoms with E-state index in [0.717, 1.165) is 0 Å². The van der Waals surface area contributed by atoms with Crippen LogP contribution in [0, 0.1) is 0 Å². The quantitative estimate of drug-likeness (QED) is 0.558. The number of benzene rings is 1. The van der Waals surface area contributed by atoms with Gasteiger partial charge in [0, 0.05) is 0 Å². The van der Waals surface area contributed by atoms with Gasteiger partial charge < -0.3 is 10.2 Å². The van der Waals surface area contributed by atoms with Gasteiger partial charge in [-0.3, -0.25) is 4.98 Å². The fourth-order valence-electron chi connectivity index (χ4n) is 1.15. The maximum Gasteiger partial charge on any atom is 0.419 e. The third-order valence-corrected chi connectivity index (χ3v) is 1.73. The van der Waals surface area contributed by atoms with Crippen LogP contribution in [-0.4, -0.2) is 4.98 Å². The molecule has 0 fully saturated rings. The van der Waals surface area contributed by atoms with E-state index in [2.05, 4.69) is 9.40 Å². The van der Waals surface area contributed by atoms with E-state index in [4.69, 9.17) is 5.73 Å². The molecule has 0 saturated heterocycles. The van der Waals surface area contributed by atoms with Gasteiger partial charge in [0.1, 0.15) is 0 Å². The molecule has 3 N–H and O–H groups in total. The number of nitrogens with one attached hydrogen (secondary N) is 1. The van der Waals surface area contributed by atoms with E-state index >= 15 is 0 Å². The van der Waals surface area contributed by atoms with E-state index in [1.165, 1.54) is 6.07 Å². The predicted molar refractivity (Wildman–Crippen MR) is 47.5 cm³/mol. The Morgan fingerprint density at radius 3 is 2.85 bits per heavy atom. The SMILES string of the molecule is Nc1cccc2c(=O)oc(=O)[nH]c12. The molecule has 1 aromatic heterocycles. The molecule has 0 spiro atoms. The first-order valence-corrected chi connectivity index (χ1v) is 3.60. The van der Waals surface area contributed by atoms with Crippen molar-refractivity contribution in [2.45, 2.75) is 0 Å². The number of anilines is 1. The molecule has 2 aromatic rings. The Balaban J connectivity index is 3.12. The third kappa shape index (κ3) is 1.10. The van der Waals surface area contributed by atoms with Gasteiger partial charge >= 0.3 is 11.4 Å². The van der Waals surface area contributed by atoms with Gasteiger partial charge in [-0.25, -0.2) is 9.59 Å². The largest absolute Gasteiger partial charge is 0.419 e. The number of nitrogen functional groups attached to an aromatic ring is 1. The van der Waals surface area contributed by atoms with E-state index in [0.29, 0.717) is 11.2 Å². The summed E-state index contributed by atoms with van der Waals surface area (Å²) in [5, 5.41) is 0.277. The Hall–Kier alpha value is -2.04. The highest BCUT2D eigenvalue weighted by Gasteiger charge is 2.03. The van der Waals surface area contributed by atoms with Crippen LogP contribution in [0.25, 0.3) is 10.9 Å². The van der Waals surface area contributed by atoms with Crippen LogP contribution in [0.1, 0.15) is 0 Å². The first kappa shape index (κ1) is 7.60. The highest BCUT2D eigenvalue weighted by atomic mass is 16.4. The van der Waals surface area contributed by atoms with Crippen molar-refractivity contribution in [2.24, 2.45) is 0 Å². The van der Waals surface area contributed by atoms with Crippen molar-refractivity contribution in [1.82, 2.24) is 4.98 Å². The number of hydrogen-bond acceptors (Lipinski definition) is 4. The maximum absolute atomic E-state index is 11.1. The lowest BCUT2D eigenvalue weighted by Gasteiger charge is -1.97. The fraction of sp³-hybridized carbons (Fsp3) is 0. The Morgan fingerprint density at radius 2 is 2.08 bits per heavy atom. The topological polar surface area (TPSA) is 89.1 Å². The molecule has 13 heavy (non-hydrogen) atoms. The zero-order valence-corrected chi connectivity index (χ0v) is 6.53. The summed E-state index contributed by atoms with van der Waals surface area (Å²) in [6.07, 6.45) is 0. The molecule has 0 saturated carbocycles. The molecule has 1 aromatic carbocycles. The highest BCUT2D eigenvalue weighted by molar-refractivity contribution is 5.87. The lowest BCUT2D eigenvalue weighted by molar-refractivity contribution is 0.460. The number of aromatic amines is 1. The zero-order chi connectivity index (χ0) is 9.42. The molecule has 0 radical (unpaired) electrons. The Labute approximate surface area is 71.8 Å². The van der Waals surface area contributed by atoms with Crippen molar-refractivity contribution >= 4 is 16.6 Å². The maximum atomic E-state index is 11.1. The van der Waals surface area contributed by atoms with Gasteiger partial charge in [-0.15, -0.1) is 0 Å². The lowest BCUT2D eigenvalue weighted by atomic mass is 10.2. The van der Waals surface area contributed by atoms with Crippen molar-refractivity contribution in [2.75, 3.05) is 5.73 Å². The normalized spacial score (nSPS) is 10.5. The monoisotopic (exact) mass is 178 g/mol. The van der Waals surface area contributed by atoms with Crippen LogP contribution in [0.3, 0.4) is 0 Å². The predicted octanol–water partition coefficient (Wildman–Crippen LogP) is 0.0635. The van der Waals surface area contributed by atoms with Crippen molar-refractivity contribution in [1.29, 1.82) is 0 Å². The van der Waals surface area contributed by atoms with Gasteiger partial charge in [0.15, 0.2) is 0 Å². The van der Waals surface area contributed by atoms with Gasteiger partial charge in [-0.2, -0.15) is 0 Å². The molecule has 0 aliphatic heterocycles. The van der Waals surface area contributed by atoms with Crippen LogP contribution in [0.5, 0.6) is 0 Å². The average molecular weight is 178 g/mol. The summed E-state index contributed by atoms with van der Waals surface area (Å²) >= 11 is 0. The molecule has 0 bridgehead atoms. The number of fused-ring (bicyclic) bond motifs is 1. The standard InChI is InChI=1S/C8H6N2O3/c9-5-3-1-2-4-6(5)10-8(12)13-7(4)11/h1-3H,9H2,(H,10,12). The molecule has 0 atom stereocenters. The van der Waals surface area contributed by atoms with Gasteiger partial charge in [0.25, 0.3) is 0 Å². The van der Waals surface area contributed by atoms with Crippen molar-refractivity contribution in [3.05, 3.63) is 39.2 Å². The number of aromatic nitrogens is 1. The van der Waals surface area contributed by atoms with Gasteiger partial charge in [0.2, 0.25) is 0 Å². The second-order valence-corrected chi connectivity index (χ2v) is 2.57. The lowest BCUT2D eigenvalue weighted by Crippen LogP contribution is -2.15. The summed E-state index contributed by atoms with van der Waals surface area (Å²) in [7, 11) is 0. The van der Waals surface area contributed by atoms with Crippen LogP contribution in [0.2, 0.25) is 0 Å². The minimum atomic E-state index is -0.796. The number of para-hydroxylation sites is 1. The third-order valence-electron chi connectivity index (χ3n) is 1.73. The van der Waals surface area contributed by atoms with E-state index in [-0.39, 0.29) is 5.39 Å². The van der Waals surface area contributed by atoms with Gasteiger partial charge in [-0.1, -0.05) is 6.07 Å². The first-order chi connectivity index (χ1) is 6.18. The summed E-state index contributed by atoms with van der Waals surface area (Å²) in [6.45, 7) is 0. The second-order valence-electron chi connectivity index (χ2n) is 2.57. The Kier molecular flexibility index (Phi) is 1.45. The second kappa shape index (κ2) is 2.48. The van der Waals surface area contributed by atoms with Crippen LogP contribution in [-0.2, 0) is 0 Å². The molecular weight excluding hydrogens is 172 g/mol. The molecular formula is C8H6N2O3. The van der Waals surface area contributed by atoms with Crippen molar-refractivity contribution < 1.29 is 4.42 Å². The van der Waals surface area contributed by atoms with Crippen LogP contribution >= 0.6 is 0 Å². The summed E-state index contributed by atoms with van der Waals surface area (Å²) in [5.41, 5.74) is 5.54. The molecule has 0 aliphatic carbocycles. The molecule has 2 rings (SSSR count). The van der Waals surface area contributed by atoms with Crippen LogP contribution in [0.15, 0.2) is 32.2 Å². The number of hydrogen-bond donors (Lipinski definition) is 2. The molecule has 0 unspecified atom stereocenters. The van der Waals surface area contributed by atoms with Crippen LogP contribution in [0.4, 0.5) is 5.69 Å². The van der Waals surface area contributed by atoms with E-state index in [9.17, 15) is 9.59 Å². The Morgan fingerprint density at radius 1 is 1.31 bits per heavy atom. The number of rotatable bonds is 0. The van der Waals surface area contributed by atoms with Gasteiger partial charge in [0.05, 0.1) is 16.6 Å². The highest BCUT2D eigenvalue weighted by Crippen LogP contribution is 2.12. The number of nitrogens with two attached hydrogens (primary N) is 1. The zero-order valence-electron chi connectivity index (χ0n) is 6.53. The summed E-state index contributed by atoms with van der Waals surface area (Å²) in [4.78, 5) is 24.2. The minimum absolute atomic E-state index is 0.277. The van der Waals surface area contributed by atoms with E-state index in [1.807, 2.05) is 0 Å². The Bertz CT molecular complexity index is 567. The van der Waals surface area contributed by atoms with Gasteiger partial charge in [-0.05, 0) is 12.1 Å². The average Bonchev–Trinajstić information content (AvgIpc) is 2.07.